The standard InChI is InChI=1S/C23H23N3O7S/c1-16-4-13-21(14-22(16)26(28)29)34(30,31)25(18-7-11-20(33-3)12-8-18)15-23(27)24-17-5-9-19(32-2)10-6-17/h4-14H,15H2,1-3H3,(H,24,27). The number of carbonyl (C=O) groups is 1. The van der Waals surface area contributed by atoms with Crippen LogP contribution in [0.25, 0.3) is 0 Å². The van der Waals surface area contributed by atoms with E-state index in [1.165, 1.54) is 45.4 Å². The Morgan fingerprint density at radius 3 is 2.06 bits per heavy atom. The number of carbonyl (C=O) groups excluding carboxylic acids is 1. The molecule has 0 fully saturated rings. The number of anilines is 2. The maximum absolute atomic E-state index is 13.5. The molecule has 3 aromatic rings. The number of aryl methyl sites for hydroxylation is 1. The predicted octanol–water partition coefficient (Wildman–Crippen LogP) is 3.75. The molecule has 0 unspecified atom stereocenters. The van der Waals surface area contributed by atoms with Crippen molar-refractivity contribution in [3.8, 4) is 11.5 Å². The smallest absolute Gasteiger partial charge is 0.273 e. The molecule has 1 N–H and O–H groups in total. The highest BCUT2D eigenvalue weighted by Gasteiger charge is 2.29. The first-order valence-corrected chi connectivity index (χ1v) is 11.5. The summed E-state index contributed by atoms with van der Waals surface area (Å²) in [6, 6.07) is 16.2. The van der Waals surface area contributed by atoms with Crippen LogP contribution in [-0.4, -0.2) is 40.0 Å². The first kappa shape index (κ1) is 24.5. The molecule has 3 aromatic carbocycles. The monoisotopic (exact) mass is 485 g/mol. The summed E-state index contributed by atoms with van der Waals surface area (Å²) >= 11 is 0. The first-order valence-electron chi connectivity index (χ1n) is 10.0. The molecule has 178 valence electrons. The number of hydrogen-bond acceptors (Lipinski definition) is 7. The second kappa shape index (κ2) is 10.2. The lowest BCUT2D eigenvalue weighted by atomic mass is 10.2. The van der Waals surface area contributed by atoms with Gasteiger partial charge in [-0.2, -0.15) is 0 Å². The molecular formula is C23H23N3O7S. The number of hydrogen-bond donors (Lipinski definition) is 1. The van der Waals surface area contributed by atoms with Crippen LogP contribution in [0, 0.1) is 17.0 Å². The Kier molecular flexibility index (Phi) is 7.37. The van der Waals surface area contributed by atoms with Gasteiger partial charge in [0.25, 0.3) is 15.7 Å². The molecule has 0 saturated heterocycles. The Balaban J connectivity index is 1.98. The van der Waals surface area contributed by atoms with Gasteiger partial charge in [0.1, 0.15) is 18.0 Å². The van der Waals surface area contributed by atoms with Gasteiger partial charge in [-0.1, -0.05) is 6.07 Å². The molecule has 0 saturated carbocycles. The number of nitrogens with zero attached hydrogens (tertiary/aromatic N) is 2. The second-order valence-corrected chi connectivity index (χ2v) is 9.05. The second-order valence-electron chi connectivity index (χ2n) is 7.19. The van der Waals surface area contributed by atoms with E-state index in [1.54, 1.807) is 36.4 Å². The number of ether oxygens (including phenoxy) is 2. The van der Waals surface area contributed by atoms with Gasteiger partial charge in [-0.25, -0.2) is 8.42 Å². The number of benzene rings is 3. The van der Waals surface area contributed by atoms with Crippen molar-refractivity contribution in [3.05, 3.63) is 82.4 Å². The molecule has 10 nitrogen and oxygen atoms in total. The third kappa shape index (κ3) is 5.44. The van der Waals surface area contributed by atoms with E-state index in [-0.39, 0.29) is 16.3 Å². The van der Waals surface area contributed by atoms with Gasteiger partial charge in [0.05, 0.1) is 29.7 Å². The van der Waals surface area contributed by atoms with Crippen LogP contribution < -0.4 is 19.1 Å². The van der Waals surface area contributed by atoms with E-state index in [0.717, 1.165) is 10.4 Å². The Bertz CT molecular complexity index is 1290. The van der Waals surface area contributed by atoms with Gasteiger partial charge in [-0.15, -0.1) is 0 Å². The Morgan fingerprint density at radius 2 is 1.53 bits per heavy atom. The lowest BCUT2D eigenvalue weighted by molar-refractivity contribution is -0.385. The SMILES string of the molecule is COc1ccc(NC(=O)CN(c2ccc(OC)cc2)S(=O)(=O)c2ccc(C)c([N+](=O)[O-])c2)cc1. The number of sulfonamides is 1. The zero-order valence-electron chi connectivity index (χ0n) is 18.7. The van der Waals surface area contributed by atoms with E-state index in [0.29, 0.717) is 22.7 Å². The molecule has 1 amide bonds. The molecule has 34 heavy (non-hydrogen) atoms. The predicted molar refractivity (Wildman–Crippen MR) is 127 cm³/mol. The molecule has 0 radical (unpaired) electrons. The molecule has 0 aromatic heterocycles. The van der Waals surface area contributed by atoms with Gasteiger partial charge < -0.3 is 14.8 Å². The molecule has 0 bridgehead atoms. The molecule has 0 heterocycles. The molecular weight excluding hydrogens is 462 g/mol. The highest BCUT2D eigenvalue weighted by molar-refractivity contribution is 7.92. The minimum Gasteiger partial charge on any atom is -0.497 e. The number of rotatable bonds is 9. The van der Waals surface area contributed by atoms with Crippen molar-refractivity contribution >= 4 is 33.0 Å². The normalized spacial score (nSPS) is 10.9. The number of methoxy groups -OCH3 is 2. The summed E-state index contributed by atoms with van der Waals surface area (Å²) in [6.45, 7) is 0.945. The lowest BCUT2D eigenvalue weighted by Gasteiger charge is -2.24. The highest BCUT2D eigenvalue weighted by atomic mass is 32.2. The van der Waals surface area contributed by atoms with E-state index in [9.17, 15) is 23.3 Å². The van der Waals surface area contributed by atoms with Gasteiger partial charge in [0.2, 0.25) is 5.91 Å². The fraction of sp³-hybridized carbons (Fsp3) is 0.174. The Morgan fingerprint density at radius 1 is 0.971 bits per heavy atom. The van der Waals surface area contributed by atoms with E-state index in [1.807, 2.05) is 0 Å². The topological polar surface area (TPSA) is 128 Å². The Hall–Kier alpha value is -4.12. The summed E-state index contributed by atoms with van der Waals surface area (Å²) in [5.41, 5.74) is 0.619. The van der Waals surface area contributed by atoms with Crippen LogP contribution in [0.1, 0.15) is 5.56 Å². The number of nitro groups is 1. The van der Waals surface area contributed by atoms with Crippen molar-refractivity contribution in [2.24, 2.45) is 0 Å². The first-order chi connectivity index (χ1) is 16.1. The summed E-state index contributed by atoms with van der Waals surface area (Å²) in [5.74, 6) is 0.488. The van der Waals surface area contributed by atoms with E-state index in [4.69, 9.17) is 9.47 Å². The summed E-state index contributed by atoms with van der Waals surface area (Å²) in [7, 11) is -1.35. The number of amides is 1. The van der Waals surface area contributed by atoms with Crippen LogP contribution in [0.5, 0.6) is 11.5 Å². The molecule has 0 atom stereocenters. The molecule has 0 aliphatic carbocycles. The average Bonchev–Trinajstić information content (AvgIpc) is 2.83. The molecule has 11 heteroatoms. The summed E-state index contributed by atoms with van der Waals surface area (Å²) < 4.78 is 38.1. The van der Waals surface area contributed by atoms with Gasteiger partial charge in [-0.3, -0.25) is 19.2 Å². The van der Waals surface area contributed by atoms with Crippen molar-refractivity contribution in [2.45, 2.75) is 11.8 Å². The highest BCUT2D eigenvalue weighted by Crippen LogP contribution is 2.29. The van der Waals surface area contributed by atoms with Crippen LogP contribution in [-0.2, 0) is 14.8 Å². The maximum atomic E-state index is 13.5. The fourth-order valence-electron chi connectivity index (χ4n) is 3.14. The largest absolute Gasteiger partial charge is 0.497 e. The fourth-order valence-corrected chi connectivity index (χ4v) is 4.58. The minimum atomic E-state index is -4.34. The Labute approximate surface area is 196 Å². The van der Waals surface area contributed by atoms with Crippen LogP contribution in [0.2, 0.25) is 0 Å². The quantitative estimate of drug-likeness (QED) is 0.361. The van der Waals surface area contributed by atoms with Gasteiger partial charge in [0.15, 0.2) is 0 Å². The average molecular weight is 486 g/mol. The maximum Gasteiger partial charge on any atom is 0.273 e. The minimum absolute atomic E-state index is 0.189. The molecule has 0 aliphatic rings. The van der Waals surface area contributed by atoms with E-state index >= 15 is 0 Å². The van der Waals surface area contributed by atoms with Crippen LogP contribution in [0.3, 0.4) is 0 Å². The molecule has 0 aliphatic heterocycles. The number of nitrogens with one attached hydrogen (secondary N) is 1. The summed E-state index contributed by atoms with van der Waals surface area (Å²) in [5, 5.41) is 14.0. The molecule has 3 rings (SSSR count). The zero-order chi connectivity index (χ0) is 24.9. The summed E-state index contributed by atoms with van der Waals surface area (Å²) in [6.07, 6.45) is 0. The zero-order valence-corrected chi connectivity index (χ0v) is 19.5. The third-order valence-corrected chi connectivity index (χ3v) is 6.76. The van der Waals surface area contributed by atoms with Crippen LogP contribution >= 0.6 is 0 Å². The van der Waals surface area contributed by atoms with Crippen molar-refractivity contribution in [1.82, 2.24) is 0 Å². The molecule has 0 spiro atoms. The van der Waals surface area contributed by atoms with Gasteiger partial charge >= 0.3 is 0 Å². The summed E-state index contributed by atoms with van der Waals surface area (Å²) in [4.78, 5) is 23.2. The third-order valence-electron chi connectivity index (χ3n) is 4.99. The van der Waals surface area contributed by atoms with E-state index in [2.05, 4.69) is 5.32 Å². The van der Waals surface area contributed by atoms with Crippen molar-refractivity contribution in [1.29, 1.82) is 0 Å². The van der Waals surface area contributed by atoms with Gasteiger partial charge in [0, 0.05) is 17.3 Å². The van der Waals surface area contributed by atoms with Crippen molar-refractivity contribution in [2.75, 3.05) is 30.4 Å². The lowest BCUT2D eigenvalue weighted by Crippen LogP contribution is -2.38. The van der Waals surface area contributed by atoms with Gasteiger partial charge in [-0.05, 0) is 61.5 Å². The van der Waals surface area contributed by atoms with Crippen molar-refractivity contribution in [3.63, 3.8) is 0 Å². The van der Waals surface area contributed by atoms with E-state index < -0.39 is 27.4 Å². The van der Waals surface area contributed by atoms with Crippen LogP contribution in [0.4, 0.5) is 17.1 Å². The van der Waals surface area contributed by atoms with Crippen molar-refractivity contribution < 1.29 is 27.6 Å². The van der Waals surface area contributed by atoms with Crippen LogP contribution in [0.15, 0.2) is 71.6 Å². The number of nitro benzene ring substituents is 1.